The number of nitrogens with two attached hydrogens (primary N) is 1. The number of anilines is 2. The Morgan fingerprint density at radius 1 is 1.25 bits per heavy atom. The number of nitrogen functional groups attached to an aromatic ring is 1. The van der Waals surface area contributed by atoms with Crippen LogP contribution in [0.25, 0.3) is 0 Å². The molecule has 1 aromatic heterocycles. The molecule has 0 spiro atoms. The van der Waals surface area contributed by atoms with Gasteiger partial charge in [0.2, 0.25) is 0 Å². The number of aromatic nitrogens is 1. The summed E-state index contributed by atoms with van der Waals surface area (Å²) in [6.45, 7) is 3.16. The van der Waals surface area contributed by atoms with Crippen molar-refractivity contribution in [3.63, 3.8) is 0 Å². The Hall–Kier alpha value is -2.15. The molecule has 2 rings (SSSR count). The van der Waals surface area contributed by atoms with Crippen molar-refractivity contribution in [2.75, 3.05) is 10.5 Å². The molecule has 1 heterocycles. The maximum Gasteiger partial charge on any atom is 0.264 e. The number of sulfonamides is 1. The van der Waals surface area contributed by atoms with Crippen molar-refractivity contribution in [3.8, 4) is 0 Å². The Balaban J connectivity index is 2.49. The second kappa shape index (κ2) is 5.09. The molecule has 0 fully saturated rings. The van der Waals surface area contributed by atoms with E-state index in [0.717, 1.165) is 6.07 Å². The van der Waals surface area contributed by atoms with E-state index in [9.17, 15) is 12.8 Å². The quantitative estimate of drug-likeness (QED) is 0.850. The monoisotopic (exact) mass is 295 g/mol. The first-order valence-corrected chi connectivity index (χ1v) is 7.28. The van der Waals surface area contributed by atoms with Crippen LogP contribution < -0.4 is 10.5 Å². The van der Waals surface area contributed by atoms with E-state index in [1.165, 1.54) is 31.5 Å². The Morgan fingerprint density at radius 3 is 2.60 bits per heavy atom. The van der Waals surface area contributed by atoms with Crippen molar-refractivity contribution in [1.29, 1.82) is 0 Å². The van der Waals surface area contributed by atoms with Crippen LogP contribution in [0.2, 0.25) is 0 Å². The molecule has 0 amide bonds. The van der Waals surface area contributed by atoms with E-state index in [1.807, 2.05) is 0 Å². The molecule has 0 aliphatic heterocycles. The van der Waals surface area contributed by atoms with Crippen molar-refractivity contribution in [3.05, 3.63) is 47.5 Å². The van der Waals surface area contributed by atoms with Crippen molar-refractivity contribution >= 4 is 21.4 Å². The SMILES string of the molecule is Cc1cnccc1NS(=O)(=O)c1cc(N)cc(C)c1F. The molecule has 0 aliphatic carbocycles. The average molecular weight is 295 g/mol. The summed E-state index contributed by atoms with van der Waals surface area (Å²) in [4.78, 5) is 3.40. The first-order chi connectivity index (χ1) is 9.31. The minimum absolute atomic E-state index is 0.178. The van der Waals surface area contributed by atoms with Gasteiger partial charge in [-0.15, -0.1) is 0 Å². The standard InChI is InChI=1S/C13H14FN3O2S/c1-8-5-10(15)6-12(13(8)14)20(18,19)17-11-3-4-16-7-9(11)2/h3-7H,15H2,1-2H3,(H,16,17). The third-order valence-corrected chi connectivity index (χ3v) is 4.16. The molecule has 0 radical (unpaired) electrons. The van der Waals surface area contributed by atoms with Gasteiger partial charge in [-0.05, 0) is 43.2 Å². The number of halogens is 1. The van der Waals surface area contributed by atoms with Gasteiger partial charge < -0.3 is 5.73 Å². The van der Waals surface area contributed by atoms with E-state index in [1.54, 1.807) is 6.92 Å². The lowest BCUT2D eigenvalue weighted by molar-refractivity contribution is 0.565. The minimum atomic E-state index is -4.04. The second-order valence-corrected chi connectivity index (χ2v) is 6.10. The number of aryl methyl sites for hydroxylation is 2. The molecular weight excluding hydrogens is 281 g/mol. The lowest BCUT2D eigenvalue weighted by Gasteiger charge is -2.12. The maximum atomic E-state index is 14.0. The van der Waals surface area contributed by atoms with Crippen LogP contribution in [0.1, 0.15) is 11.1 Å². The molecule has 0 saturated carbocycles. The summed E-state index contributed by atoms with van der Waals surface area (Å²) in [6, 6.07) is 3.98. The fourth-order valence-corrected chi connectivity index (χ4v) is 3.06. The molecule has 0 saturated heterocycles. The fourth-order valence-electron chi connectivity index (χ4n) is 1.75. The van der Waals surface area contributed by atoms with Crippen LogP contribution in [-0.4, -0.2) is 13.4 Å². The molecule has 0 bridgehead atoms. The molecule has 20 heavy (non-hydrogen) atoms. The molecular formula is C13H14FN3O2S. The van der Waals surface area contributed by atoms with Gasteiger partial charge in [0, 0.05) is 18.1 Å². The third kappa shape index (κ3) is 2.72. The van der Waals surface area contributed by atoms with E-state index in [0.29, 0.717) is 11.3 Å². The van der Waals surface area contributed by atoms with Gasteiger partial charge in [-0.25, -0.2) is 12.8 Å². The summed E-state index contributed by atoms with van der Waals surface area (Å²) in [6.07, 6.45) is 2.96. The third-order valence-electron chi connectivity index (χ3n) is 2.80. The van der Waals surface area contributed by atoms with Crippen LogP contribution >= 0.6 is 0 Å². The molecule has 0 aliphatic rings. The van der Waals surface area contributed by atoms with Crippen molar-refractivity contribution < 1.29 is 12.8 Å². The molecule has 1 aromatic carbocycles. The number of nitrogens with one attached hydrogen (secondary N) is 1. The maximum absolute atomic E-state index is 14.0. The first-order valence-electron chi connectivity index (χ1n) is 5.80. The van der Waals surface area contributed by atoms with Gasteiger partial charge in [0.1, 0.15) is 10.7 Å². The van der Waals surface area contributed by atoms with Crippen molar-refractivity contribution in [2.24, 2.45) is 0 Å². The number of hydrogen-bond donors (Lipinski definition) is 2. The van der Waals surface area contributed by atoms with E-state index >= 15 is 0 Å². The summed E-state index contributed by atoms with van der Waals surface area (Å²) >= 11 is 0. The zero-order valence-electron chi connectivity index (χ0n) is 11.0. The summed E-state index contributed by atoms with van der Waals surface area (Å²) in [5.41, 5.74) is 6.93. The number of rotatable bonds is 3. The van der Waals surface area contributed by atoms with Gasteiger partial charge in [-0.1, -0.05) is 0 Å². The Bertz CT molecular complexity index is 760. The molecule has 3 N–H and O–H groups in total. The van der Waals surface area contributed by atoms with Gasteiger partial charge in [-0.2, -0.15) is 0 Å². The number of hydrogen-bond acceptors (Lipinski definition) is 4. The highest BCUT2D eigenvalue weighted by Crippen LogP contribution is 2.24. The van der Waals surface area contributed by atoms with Gasteiger partial charge in [0.15, 0.2) is 0 Å². The number of pyridine rings is 1. The highest BCUT2D eigenvalue weighted by Gasteiger charge is 2.21. The highest BCUT2D eigenvalue weighted by atomic mass is 32.2. The zero-order valence-corrected chi connectivity index (χ0v) is 11.8. The van der Waals surface area contributed by atoms with Crippen molar-refractivity contribution in [2.45, 2.75) is 18.7 Å². The zero-order chi connectivity index (χ0) is 14.9. The number of benzene rings is 1. The fraction of sp³-hybridized carbons (Fsp3) is 0.154. The van der Waals surface area contributed by atoms with E-state index in [2.05, 4.69) is 9.71 Å². The minimum Gasteiger partial charge on any atom is -0.399 e. The molecule has 0 unspecified atom stereocenters. The van der Waals surface area contributed by atoms with Crippen LogP contribution in [0.15, 0.2) is 35.5 Å². The van der Waals surface area contributed by atoms with E-state index in [4.69, 9.17) is 5.73 Å². The predicted octanol–water partition coefficient (Wildman–Crippen LogP) is 2.22. The normalized spacial score (nSPS) is 11.3. The molecule has 7 heteroatoms. The van der Waals surface area contributed by atoms with Crippen LogP contribution in [0, 0.1) is 19.7 Å². The van der Waals surface area contributed by atoms with Crippen LogP contribution in [0.3, 0.4) is 0 Å². The summed E-state index contributed by atoms with van der Waals surface area (Å²) < 4.78 is 40.8. The smallest absolute Gasteiger partial charge is 0.264 e. The van der Waals surface area contributed by atoms with Crippen LogP contribution in [0.4, 0.5) is 15.8 Å². The van der Waals surface area contributed by atoms with Crippen LogP contribution in [-0.2, 0) is 10.0 Å². The summed E-state index contributed by atoms with van der Waals surface area (Å²) in [7, 11) is -4.04. The average Bonchev–Trinajstić information content (AvgIpc) is 2.36. The largest absolute Gasteiger partial charge is 0.399 e. The Morgan fingerprint density at radius 2 is 1.95 bits per heavy atom. The van der Waals surface area contributed by atoms with E-state index < -0.39 is 20.7 Å². The molecule has 0 atom stereocenters. The molecule has 5 nitrogen and oxygen atoms in total. The topological polar surface area (TPSA) is 85.1 Å². The Labute approximate surface area is 116 Å². The summed E-state index contributed by atoms with van der Waals surface area (Å²) in [5, 5.41) is 0. The van der Waals surface area contributed by atoms with Gasteiger partial charge in [0.25, 0.3) is 10.0 Å². The molecule has 2 aromatic rings. The predicted molar refractivity (Wildman–Crippen MR) is 75.3 cm³/mol. The lowest BCUT2D eigenvalue weighted by atomic mass is 10.2. The highest BCUT2D eigenvalue weighted by molar-refractivity contribution is 7.92. The second-order valence-electron chi connectivity index (χ2n) is 4.45. The van der Waals surface area contributed by atoms with Gasteiger partial charge in [0.05, 0.1) is 5.69 Å². The summed E-state index contributed by atoms with van der Waals surface area (Å²) in [5.74, 6) is -0.807. The molecule has 106 valence electrons. The number of nitrogens with zero attached hydrogens (tertiary/aromatic N) is 1. The van der Waals surface area contributed by atoms with Gasteiger partial charge in [-0.3, -0.25) is 9.71 Å². The van der Waals surface area contributed by atoms with Gasteiger partial charge >= 0.3 is 0 Å². The Kier molecular flexibility index (Phi) is 3.63. The van der Waals surface area contributed by atoms with E-state index in [-0.39, 0.29) is 11.3 Å². The van der Waals surface area contributed by atoms with Crippen molar-refractivity contribution in [1.82, 2.24) is 4.98 Å². The lowest BCUT2D eigenvalue weighted by Crippen LogP contribution is -2.16. The van der Waals surface area contributed by atoms with Crippen LogP contribution in [0.5, 0.6) is 0 Å². The first kappa shape index (κ1) is 14.3.